The molecule has 0 heterocycles. The largest absolute Gasteiger partial charge is 0.504 e. The van der Waals surface area contributed by atoms with E-state index in [4.69, 9.17) is 4.74 Å². The van der Waals surface area contributed by atoms with Crippen LogP contribution in [0.15, 0.2) is 71.8 Å². The first-order chi connectivity index (χ1) is 16.2. The summed E-state index contributed by atoms with van der Waals surface area (Å²) in [5.41, 5.74) is 2.60. The first-order valence-corrected chi connectivity index (χ1v) is 9.71. The van der Waals surface area contributed by atoms with Crippen LogP contribution >= 0.6 is 0 Å². The third-order valence-corrected chi connectivity index (χ3v) is 4.44. The van der Waals surface area contributed by atoms with Crippen LogP contribution in [-0.4, -0.2) is 30.4 Å². The maximum Gasteiger partial charge on any atom is 0.416 e. The first kappa shape index (κ1) is 24.1. The van der Waals surface area contributed by atoms with Crippen LogP contribution in [0.1, 0.15) is 21.5 Å². The Bertz CT molecular complexity index is 1210. The maximum absolute atomic E-state index is 12.8. The standard InChI is InChI=1S/C23H19F3N4O4/c1-34-20-11-14(5-10-19(20)31)13-27-30-21(32)15-6-8-17(9-7-15)28-22(33)29-18-4-2-3-16(12-18)23(24,25)26/h2-13,31H,1H3,(H,30,32)(H2,28,29,33)/b27-13+. The van der Waals surface area contributed by atoms with E-state index in [0.717, 1.165) is 12.1 Å². The van der Waals surface area contributed by atoms with Gasteiger partial charge in [-0.05, 0) is 66.2 Å². The molecule has 3 aromatic carbocycles. The van der Waals surface area contributed by atoms with Crippen LogP contribution in [0.25, 0.3) is 0 Å². The zero-order valence-corrected chi connectivity index (χ0v) is 17.7. The molecular formula is C23H19F3N4O4. The van der Waals surface area contributed by atoms with Crippen molar-refractivity contribution >= 4 is 29.5 Å². The molecule has 176 valence electrons. The van der Waals surface area contributed by atoms with Crippen LogP contribution in [-0.2, 0) is 6.18 Å². The number of hydrazone groups is 1. The molecule has 0 aliphatic heterocycles. The average Bonchev–Trinajstić information content (AvgIpc) is 2.80. The van der Waals surface area contributed by atoms with E-state index in [-0.39, 0.29) is 22.7 Å². The minimum Gasteiger partial charge on any atom is -0.504 e. The van der Waals surface area contributed by atoms with Gasteiger partial charge in [0.15, 0.2) is 11.5 Å². The van der Waals surface area contributed by atoms with Gasteiger partial charge < -0.3 is 20.5 Å². The first-order valence-electron chi connectivity index (χ1n) is 9.71. The number of nitrogens with one attached hydrogen (secondary N) is 3. The van der Waals surface area contributed by atoms with Gasteiger partial charge >= 0.3 is 12.2 Å². The van der Waals surface area contributed by atoms with Crippen molar-refractivity contribution in [3.05, 3.63) is 83.4 Å². The van der Waals surface area contributed by atoms with Gasteiger partial charge in [0.1, 0.15) is 0 Å². The number of urea groups is 1. The Balaban J connectivity index is 1.55. The van der Waals surface area contributed by atoms with E-state index in [2.05, 4.69) is 21.2 Å². The van der Waals surface area contributed by atoms with Crippen molar-refractivity contribution < 1.29 is 32.6 Å². The molecule has 0 unspecified atom stereocenters. The number of nitrogens with zero attached hydrogens (tertiary/aromatic N) is 1. The summed E-state index contributed by atoms with van der Waals surface area (Å²) in [4.78, 5) is 24.3. The van der Waals surface area contributed by atoms with Crippen molar-refractivity contribution in [3.8, 4) is 11.5 Å². The number of halogens is 3. The Morgan fingerprint density at radius 3 is 2.35 bits per heavy atom. The zero-order chi connectivity index (χ0) is 24.7. The van der Waals surface area contributed by atoms with E-state index in [1.807, 2.05) is 0 Å². The lowest BCUT2D eigenvalue weighted by molar-refractivity contribution is -0.137. The van der Waals surface area contributed by atoms with Gasteiger partial charge in [0.2, 0.25) is 0 Å². The SMILES string of the molecule is COc1cc(/C=N/NC(=O)c2ccc(NC(=O)Nc3cccc(C(F)(F)F)c3)cc2)ccc1O. The molecule has 0 spiro atoms. The number of aromatic hydroxyl groups is 1. The lowest BCUT2D eigenvalue weighted by Crippen LogP contribution is -2.20. The van der Waals surface area contributed by atoms with Crippen LogP contribution in [0.2, 0.25) is 0 Å². The van der Waals surface area contributed by atoms with E-state index in [1.54, 1.807) is 6.07 Å². The van der Waals surface area contributed by atoms with Gasteiger partial charge in [0.05, 0.1) is 18.9 Å². The summed E-state index contributed by atoms with van der Waals surface area (Å²) in [5, 5.41) is 18.2. The molecule has 34 heavy (non-hydrogen) atoms. The van der Waals surface area contributed by atoms with E-state index >= 15 is 0 Å². The Morgan fingerprint density at radius 1 is 0.971 bits per heavy atom. The van der Waals surface area contributed by atoms with Crippen LogP contribution in [0.5, 0.6) is 11.5 Å². The number of hydrogen-bond acceptors (Lipinski definition) is 5. The topological polar surface area (TPSA) is 112 Å². The van der Waals surface area contributed by atoms with E-state index in [0.29, 0.717) is 11.3 Å². The normalized spacial score (nSPS) is 11.2. The highest BCUT2D eigenvalue weighted by Gasteiger charge is 2.30. The summed E-state index contributed by atoms with van der Waals surface area (Å²) in [7, 11) is 1.41. The molecule has 0 aliphatic rings. The summed E-state index contributed by atoms with van der Waals surface area (Å²) in [5.74, 6) is -0.279. The van der Waals surface area contributed by atoms with Gasteiger partial charge in [-0.15, -0.1) is 0 Å². The fraction of sp³-hybridized carbons (Fsp3) is 0.0870. The van der Waals surface area contributed by atoms with Crippen LogP contribution in [0.3, 0.4) is 0 Å². The quantitative estimate of drug-likeness (QED) is 0.304. The fourth-order valence-electron chi connectivity index (χ4n) is 2.78. The number of carbonyl (C=O) groups excluding carboxylic acids is 2. The summed E-state index contributed by atoms with van der Waals surface area (Å²) >= 11 is 0. The Kier molecular flexibility index (Phi) is 7.36. The summed E-state index contributed by atoms with van der Waals surface area (Å²) in [6.45, 7) is 0. The smallest absolute Gasteiger partial charge is 0.416 e. The van der Waals surface area contributed by atoms with E-state index in [9.17, 15) is 27.9 Å². The molecule has 0 atom stereocenters. The monoisotopic (exact) mass is 472 g/mol. The lowest BCUT2D eigenvalue weighted by atomic mass is 10.2. The summed E-state index contributed by atoms with van der Waals surface area (Å²) < 4.78 is 43.3. The molecule has 0 aromatic heterocycles. The Morgan fingerprint density at radius 2 is 1.68 bits per heavy atom. The van der Waals surface area contributed by atoms with Crippen molar-refractivity contribution in [3.63, 3.8) is 0 Å². The van der Waals surface area contributed by atoms with Gasteiger partial charge in [0.25, 0.3) is 5.91 Å². The predicted molar refractivity (Wildman–Crippen MR) is 120 cm³/mol. The Labute approximate surface area is 192 Å². The van der Waals surface area contributed by atoms with Gasteiger partial charge in [0, 0.05) is 16.9 Å². The molecule has 11 heteroatoms. The van der Waals surface area contributed by atoms with Crippen LogP contribution in [0.4, 0.5) is 29.3 Å². The third kappa shape index (κ3) is 6.48. The molecule has 3 aromatic rings. The second-order valence-corrected chi connectivity index (χ2v) is 6.87. The second-order valence-electron chi connectivity index (χ2n) is 6.87. The van der Waals surface area contributed by atoms with Gasteiger partial charge in [-0.2, -0.15) is 18.3 Å². The molecule has 0 aliphatic carbocycles. The highest BCUT2D eigenvalue weighted by Crippen LogP contribution is 2.30. The number of amides is 3. The molecule has 8 nitrogen and oxygen atoms in total. The molecule has 0 fully saturated rings. The molecule has 0 bridgehead atoms. The van der Waals surface area contributed by atoms with Crippen LogP contribution in [0, 0.1) is 0 Å². The highest BCUT2D eigenvalue weighted by molar-refractivity contribution is 6.00. The molecule has 0 radical (unpaired) electrons. The minimum atomic E-state index is -4.52. The van der Waals surface area contributed by atoms with Crippen molar-refractivity contribution in [2.75, 3.05) is 17.7 Å². The predicted octanol–water partition coefficient (Wildman–Crippen LogP) is 4.83. The molecule has 3 amide bonds. The molecule has 4 N–H and O–H groups in total. The minimum absolute atomic E-state index is 0.0209. The average molecular weight is 472 g/mol. The fourth-order valence-corrected chi connectivity index (χ4v) is 2.78. The number of rotatable bonds is 6. The number of phenols is 1. The molecule has 0 saturated heterocycles. The number of alkyl halides is 3. The second kappa shape index (κ2) is 10.4. The van der Waals surface area contributed by atoms with Gasteiger partial charge in [-0.25, -0.2) is 10.2 Å². The maximum atomic E-state index is 12.8. The van der Waals surface area contributed by atoms with Gasteiger partial charge in [-0.3, -0.25) is 4.79 Å². The van der Waals surface area contributed by atoms with Crippen LogP contribution < -0.4 is 20.8 Å². The van der Waals surface area contributed by atoms with Crippen molar-refractivity contribution in [2.24, 2.45) is 5.10 Å². The number of phenolic OH excluding ortho intramolecular Hbond substituents is 1. The summed E-state index contributed by atoms with van der Waals surface area (Å²) in [6.07, 6.45) is -3.15. The van der Waals surface area contributed by atoms with Gasteiger partial charge in [-0.1, -0.05) is 6.07 Å². The highest BCUT2D eigenvalue weighted by atomic mass is 19.4. The van der Waals surface area contributed by atoms with Crippen molar-refractivity contribution in [2.45, 2.75) is 6.18 Å². The molecule has 0 saturated carbocycles. The molecule has 3 rings (SSSR count). The number of ether oxygens (including phenoxy) is 1. The third-order valence-electron chi connectivity index (χ3n) is 4.44. The number of carbonyl (C=O) groups is 2. The number of methoxy groups -OCH3 is 1. The number of anilines is 2. The number of benzene rings is 3. The van der Waals surface area contributed by atoms with E-state index < -0.39 is 23.7 Å². The summed E-state index contributed by atoms with van der Waals surface area (Å²) in [6, 6.07) is 13.8. The Hall–Kier alpha value is -4.54. The molecular weight excluding hydrogens is 453 g/mol. The van der Waals surface area contributed by atoms with Crippen molar-refractivity contribution in [1.29, 1.82) is 0 Å². The van der Waals surface area contributed by atoms with E-state index in [1.165, 1.54) is 61.9 Å². The lowest BCUT2D eigenvalue weighted by Gasteiger charge is -2.11. The van der Waals surface area contributed by atoms with Crippen molar-refractivity contribution in [1.82, 2.24) is 5.43 Å². The number of hydrogen-bond donors (Lipinski definition) is 4. The zero-order valence-electron chi connectivity index (χ0n) is 17.7.